The zero-order chi connectivity index (χ0) is 11.1. The fourth-order valence-electron chi connectivity index (χ4n) is 2.89. The minimum atomic E-state index is 0.251. The molecule has 0 aromatic heterocycles. The molecular formula is C11H26N4. The van der Waals surface area contributed by atoms with Crippen LogP contribution in [0.3, 0.4) is 0 Å². The van der Waals surface area contributed by atoms with Crippen molar-refractivity contribution in [2.45, 2.75) is 37.6 Å². The molecule has 1 aliphatic heterocycles. The van der Waals surface area contributed by atoms with Gasteiger partial charge in [0.2, 0.25) is 0 Å². The number of nitrogens with zero attached hydrogens (tertiary/aromatic N) is 1. The Morgan fingerprint density at radius 3 is 2.13 bits per heavy atom. The molecule has 0 unspecified atom stereocenters. The normalized spacial score (nSPS) is 21.8. The fourth-order valence-corrected chi connectivity index (χ4v) is 2.89. The van der Waals surface area contributed by atoms with Gasteiger partial charge in [-0.25, -0.2) is 0 Å². The van der Waals surface area contributed by atoms with Crippen molar-refractivity contribution in [3.63, 3.8) is 0 Å². The minimum Gasteiger partial charge on any atom is -0.330 e. The Morgan fingerprint density at radius 1 is 0.933 bits per heavy atom. The zero-order valence-corrected chi connectivity index (χ0v) is 9.75. The monoisotopic (exact) mass is 214 g/mol. The van der Waals surface area contributed by atoms with Crippen LogP contribution in [0.25, 0.3) is 0 Å². The van der Waals surface area contributed by atoms with E-state index in [2.05, 4.69) is 4.90 Å². The molecular weight excluding hydrogens is 188 g/mol. The van der Waals surface area contributed by atoms with Gasteiger partial charge in [-0.2, -0.15) is 0 Å². The first-order chi connectivity index (χ1) is 7.29. The fraction of sp³-hybridized carbons (Fsp3) is 1.00. The molecule has 0 amide bonds. The van der Waals surface area contributed by atoms with E-state index >= 15 is 0 Å². The molecule has 4 nitrogen and oxygen atoms in total. The maximum Gasteiger partial charge on any atom is 0.0234 e. The van der Waals surface area contributed by atoms with Crippen LogP contribution in [0.5, 0.6) is 0 Å². The Balaban J connectivity index is 2.68. The molecule has 4 heteroatoms. The summed E-state index contributed by atoms with van der Waals surface area (Å²) >= 11 is 0. The van der Waals surface area contributed by atoms with E-state index in [-0.39, 0.29) is 5.54 Å². The van der Waals surface area contributed by atoms with Crippen LogP contribution in [-0.4, -0.2) is 43.2 Å². The second-order valence-corrected chi connectivity index (χ2v) is 4.53. The first kappa shape index (κ1) is 12.9. The summed E-state index contributed by atoms with van der Waals surface area (Å²) in [4.78, 5) is 2.52. The van der Waals surface area contributed by atoms with Crippen molar-refractivity contribution in [2.24, 2.45) is 17.2 Å². The van der Waals surface area contributed by atoms with Crippen LogP contribution < -0.4 is 17.2 Å². The van der Waals surface area contributed by atoms with Crippen molar-refractivity contribution >= 4 is 0 Å². The number of hydrogen-bond donors (Lipinski definition) is 3. The van der Waals surface area contributed by atoms with E-state index in [1.54, 1.807) is 0 Å². The zero-order valence-electron chi connectivity index (χ0n) is 9.75. The number of hydrogen-bond acceptors (Lipinski definition) is 4. The second kappa shape index (κ2) is 6.43. The third kappa shape index (κ3) is 3.14. The van der Waals surface area contributed by atoms with Gasteiger partial charge in [-0.05, 0) is 45.3 Å². The lowest BCUT2D eigenvalue weighted by molar-refractivity contribution is 0.0377. The highest BCUT2D eigenvalue weighted by Gasteiger charge is 2.36. The summed E-state index contributed by atoms with van der Waals surface area (Å²) in [6.45, 7) is 4.39. The molecule has 0 atom stereocenters. The molecule has 0 saturated carbocycles. The van der Waals surface area contributed by atoms with Crippen LogP contribution in [0.2, 0.25) is 0 Å². The molecule has 90 valence electrons. The van der Waals surface area contributed by atoms with Crippen molar-refractivity contribution in [1.29, 1.82) is 0 Å². The van der Waals surface area contributed by atoms with E-state index in [1.807, 2.05) is 0 Å². The van der Waals surface area contributed by atoms with E-state index in [9.17, 15) is 0 Å². The standard InChI is InChI=1S/C11H26N4/c12-6-4-11(5-7-13)3-1-2-9-15(11)10-8-14/h1-10,12-14H2. The largest absolute Gasteiger partial charge is 0.330 e. The lowest BCUT2D eigenvalue weighted by Crippen LogP contribution is -2.55. The van der Waals surface area contributed by atoms with Crippen LogP contribution in [0, 0.1) is 0 Å². The van der Waals surface area contributed by atoms with E-state index in [4.69, 9.17) is 17.2 Å². The van der Waals surface area contributed by atoms with Crippen molar-refractivity contribution in [3.8, 4) is 0 Å². The molecule has 1 aliphatic rings. The van der Waals surface area contributed by atoms with Crippen molar-refractivity contribution < 1.29 is 0 Å². The predicted molar refractivity (Wildman–Crippen MR) is 64.6 cm³/mol. The Bertz CT molecular complexity index is 158. The van der Waals surface area contributed by atoms with Gasteiger partial charge in [0.25, 0.3) is 0 Å². The SMILES string of the molecule is NCCN1CCCCC1(CCN)CCN. The van der Waals surface area contributed by atoms with E-state index < -0.39 is 0 Å². The van der Waals surface area contributed by atoms with Gasteiger partial charge >= 0.3 is 0 Å². The molecule has 1 fully saturated rings. The lowest BCUT2D eigenvalue weighted by atomic mass is 9.81. The molecule has 1 rings (SSSR count). The number of rotatable bonds is 6. The molecule has 0 aromatic carbocycles. The van der Waals surface area contributed by atoms with E-state index in [0.29, 0.717) is 0 Å². The summed E-state index contributed by atoms with van der Waals surface area (Å²) in [6.07, 6.45) is 5.95. The second-order valence-electron chi connectivity index (χ2n) is 4.53. The summed E-state index contributed by atoms with van der Waals surface area (Å²) in [6, 6.07) is 0. The minimum absolute atomic E-state index is 0.251. The van der Waals surface area contributed by atoms with Gasteiger partial charge in [-0.3, -0.25) is 4.90 Å². The topological polar surface area (TPSA) is 81.3 Å². The first-order valence-corrected chi connectivity index (χ1v) is 6.14. The molecule has 6 N–H and O–H groups in total. The number of piperidine rings is 1. The lowest BCUT2D eigenvalue weighted by Gasteiger charge is -2.47. The summed E-state index contributed by atoms with van der Waals surface area (Å²) in [5.74, 6) is 0. The van der Waals surface area contributed by atoms with Crippen LogP contribution in [0.15, 0.2) is 0 Å². The average Bonchev–Trinajstić information content (AvgIpc) is 2.23. The van der Waals surface area contributed by atoms with Crippen molar-refractivity contribution in [3.05, 3.63) is 0 Å². The van der Waals surface area contributed by atoms with Gasteiger partial charge < -0.3 is 17.2 Å². The molecule has 0 aliphatic carbocycles. The Hall–Kier alpha value is -0.160. The van der Waals surface area contributed by atoms with E-state index in [1.165, 1.54) is 19.3 Å². The first-order valence-electron chi connectivity index (χ1n) is 6.14. The predicted octanol–water partition coefficient (Wildman–Crippen LogP) is -0.133. The average molecular weight is 214 g/mol. The number of likely N-dealkylation sites (tertiary alicyclic amines) is 1. The van der Waals surface area contributed by atoms with Gasteiger partial charge in [0.15, 0.2) is 0 Å². The highest BCUT2D eigenvalue weighted by molar-refractivity contribution is 4.94. The van der Waals surface area contributed by atoms with Gasteiger partial charge in [0.1, 0.15) is 0 Å². The van der Waals surface area contributed by atoms with Crippen molar-refractivity contribution in [2.75, 3.05) is 32.7 Å². The van der Waals surface area contributed by atoms with Gasteiger partial charge in [0.05, 0.1) is 0 Å². The maximum absolute atomic E-state index is 5.73. The van der Waals surface area contributed by atoms with Gasteiger partial charge in [-0.15, -0.1) is 0 Å². The number of nitrogens with two attached hydrogens (primary N) is 3. The van der Waals surface area contributed by atoms with Crippen LogP contribution in [0.1, 0.15) is 32.1 Å². The smallest absolute Gasteiger partial charge is 0.0234 e. The Labute approximate surface area is 93.2 Å². The molecule has 0 spiro atoms. The summed E-state index contributed by atoms with van der Waals surface area (Å²) in [7, 11) is 0. The molecule has 0 bridgehead atoms. The molecule has 15 heavy (non-hydrogen) atoms. The Morgan fingerprint density at radius 2 is 1.60 bits per heavy atom. The van der Waals surface area contributed by atoms with E-state index in [0.717, 1.165) is 45.6 Å². The highest BCUT2D eigenvalue weighted by atomic mass is 15.2. The summed E-state index contributed by atoms with van der Waals surface area (Å²) < 4.78 is 0. The van der Waals surface area contributed by atoms with Gasteiger partial charge in [0, 0.05) is 18.6 Å². The van der Waals surface area contributed by atoms with Crippen LogP contribution in [-0.2, 0) is 0 Å². The molecule has 1 heterocycles. The van der Waals surface area contributed by atoms with Crippen LogP contribution in [0.4, 0.5) is 0 Å². The summed E-state index contributed by atoms with van der Waals surface area (Å²) in [5, 5.41) is 0. The molecule has 0 radical (unpaired) electrons. The Kier molecular flexibility index (Phi) is 5.53. The quantitative estimate of drug-likeness (QED) is 0.575. The summed E-state index contributed by atoms with van der Waals surface area (Å²) in [5.41, 5.74) is 17.4. The third-order valence-electron chi connectivity index (χ3n) is 3.61. The highest BCUT2D eigenvalue weighted by Crippen LogP contribution is 2.33. The third-order valence-corrected chi connectivity index (χ3v) is 3.61. The molecule has 0 aromatic rings. The molecule has 1 saturated heterocycles. The van der Waals surface area contributed by atoms with Crippen LogP contribution >= 0.6 is 0 Å². The van der Waals surface area contributed by atoms with Crippen molar-refractivity contribution in [1.82, 2.24) is 4.90 Å². The maximum atomic E-state index is 5.73. The van der Waals surface area contributed by atoms with Gasteiger partial charge in [-0.1, -0.05) is 6.42 Å².